The fourth-order valence-electron chi connectivity index (χ4n) is 11.1. The predicted molar refractivity (Wildman–Crippen MR) is 316 cm³/mol. The van der Waals surface area contributed by atoms with Gasteiger partial charge in [0.2, 0.25) is 0 Å². The highest BCUT2D eigenvalue weighted by molar-refractivity contribution is 6.23. The zero-order valence-electron chi connectivity index (χ0n) is 39.7. The van der Waals surface area contributed by atoms with Gasteiger partial charge in [0.15, 0.2) is 0 Å². The highest BCUT2D eigenvalue weighted by Gasteiger charge is 2.08. The topological polar surface area (TPSA) is 0 Å². The van der Waals surface area contributed by atoms with E-state index in [9.17, 15) is 0 Å². The van der Waals surface area contributed by atoms with E-state index in [1.54, 1.807) is 0 Å². The van der Waals surface area contributed by atoms with E-state index >= 15 is 0 Å². The van der Waals surface area contributed by atoms with Crippen molar-refractivity contribution in [2.24, 2.45) is 0 Å². The van der Waals surface area contributed by atoms with Crippen LogP contribution < -0.4 is 0 Å². The van der Waals surface area contributed by atoms with E-state index in [2.05, 4.69) is 291 Å². The van der Waals surface area contributed by atoms with Crippen LogP contribution >= 0.6 is 0 Å². The summed E-state index contributed by atoms with van der Waals surface area (Å²) in [6.07, 6.45) is 0. The molecule has 0 saturated carbocycles. The van der Waals surface area contributed by atoms with Gasteiger partial charge < -0.3 is 0 Å². The summed E-state index contributed by atoms with van der Waals surface area (Å²) in [5.41, 5.74) is 0. The van der Waals surface area contributed by atoms with Gasteiger partial charge in [0.25, 0.3) is 0 Å². The minimum Gasteiger partial charge on any atom is -0.0616 e. The number of hydrogen-bond donors (Lipinski definition) is 0. The zero-order chi connectivity index (χ0) is 47.8. The summed E-state index contributed by atoms with van der Waals surface area (Å²) in [5.74, 6) is 0. The van der Waals surface area contributed by atoms with E-state index < -0.39 is 0 Å². The standard InChI is InChI=1S/4C18H12/c4*1-3-7-16-13(5-1)9-11-15-12-10-14-6-2-4-8-17(14)18(15)16/h4*1-12H. The maximum Gasteiger partial charge on any atom is -0.00268 e. The molecule has 0 bridgehead atoms. The molecule has 0 heteroatoms. The van der Waals surface area contributed by atoms with Crippen LogP contribution in [0.15, 0.2) is 291 Å². The van der Waals surface area contributed by atoms with E-state index in [-0.39, 0.29) is 0 Å². The van der Waals surface area contributed by atoms with Gasteiger partial charge in [-0.05, 0) is 129 Å². The second-order valence-electron chi connectivity index (χ2n) is 18.7. The fourth-order valence-corrected chi connectivity index (χ4v) is 11.1. The maximum absolute atomic E-state index is 2.21. The van der Waals surface area contributed by atoms with Crippen LogP contribution in [-0.4, -0.2) is 0 Å². The van der Waals surface area contributed by atoms with Crippen molar-refractivity contribution < 1.29 is 0 Å². The van der Waals surface area contributed by atoms with Gasteiger partial charge in [-0.25, -0.2) is 0 Å². The van der Waals surface area contributed by atoms with Gasteiger partial charge >= 0.3 is 0 Å². The molecule has 0 unspecified atom stereocenters. The fraction of sp³-hybridized carbons (Fsp3) is 0. The van der Waals surface area contributed by atoms with Crippen LogP contribution in [0.4, 0.5) is 0 Å². The van der Waals surface area contributed by atoms with E-state index in [1.807, 2.05) is 0 Å². The molecule has 0 heterocycles. The van der Waals surface area contributed by atoms with E-state index in [0.29, 0.717) is 0 Å². The molecule has 0 N–H and O–H groups in total. The summed E-state index contributed by atoms with van der Waals surface area (Å²) in [6, 6.07) is 104. The lowest BCUT2D eigenvalue weighted by Gasteiger charge is -2.07. The van der Waals surface area contributed by atoms with E-state index in [4.69, 9.17) is 0 Å². The number of rotatable bonds is 0. The molecule has 0 spiro atoms. The SMILES string of the molecule is c1ccc2c(c1)ccc1ccc3ccccc3c12.c1ccc2c(c1)ccc1ccc3ccccc3c12.c1ccc2c(c1)ccc1ccc3ccccc3c12.c1ccc2c(c1)ccc1ccc3ccccc3c12. The van der Waals surface area contributed by atoms with Crippen molar-refractivity contribution in [1.82, 2.24) is 0 Å². The first-order valence-corrected chi connectivity index (χ1v) is 24.9. The Bertz CT molecular complexity index is 3810. The molecule has 0 amide bonds. The maximum atomic E-state index is 2.21. The number of benzene rings is 16. The summed E-state index contributed by atoms with van der Waals surface area (Å²) in [7, 11) is 0. The average molecular weight is 913 g/mol. The lowest BCUT2D eigenvalue weighted by molar-refractivity contribution is 1.77. The van der Waals surface area contributed by atoms with Gasteiger partial charge in [0.05, 0.1) is 0 Å². The van der Waals surface area contributed by atoms with Crippen LogP contribution in [-0.2, 0) is 0 Å². The summed E-state index contributed by atoms with van der Waals surface area (Å²) >= 11 is 0. The van der Waals surface area contributed by atoms with Gasteiger partial charge in [-0.2, -0.15) is 0 Å². The Kier molecular flexibility index (Phi) is 11.0. The Morgan fingerprint density at radius 1 is 0.0972 bits per heavy atom. The van der Waals surface area contributed by atoms with Gasteiger partial charge in [0, 0.05) is 0 Å². The highest BCUT2D eigenvalue weighted by Crippen LogP contribution is 2.36. The molecule has 0 aliphatic carbocycles. The third-order valence-electron chi connectivity index (χ3n) is 14.5. The number of fused-ring (bicyclic) bond motifs is 20. The Morgan fingerprint density at radius 2 is 0.208 bits per heavy atom. The molecule has 16 rings (SSSR count). The molecule has 0 aromatic heterocycles. The number of hydrogen-bond acceptors (Lipinski definition) is 0. The van der Waals surface area contributed by atoms with Crippen molar-refractivity contribution in [3.8, 4) is 0 Å². The minimum absolute atomic E-state index is 1.31. The zero-order valence-corrected chi connectivity index (χ0v) is 39.7. The van der Waals surface area contributed by atoms with Crippen molar-refractivity contribution in [1.29, 1.82) is 0 Å². The Labute approximate surface area is 418 Å². The van der Waals surface area contributed by atoms with Crippen LogP contribution in [0.3, 0.4) is 0 Å². The van der Waals surface area contributed by atoms with E-state index in [0.717, 1.165) is 0 Å². The van der Waals surface area contributed by atoms with Crippen LogP contribution in [0, 0.1) is 0 Å². The Hall–Kier alpha value is -9.36. The quantitative estimate of drug-likeness (QED) is 0.133. The lowest BCUT2D eigenvalue weighted by Crippen LogP contribution is -1.80. The van der Waals surface area contributed by atoms with Crippen molar-refractivity contribution in [2.45, 2.75) is 0 Å². The Morgan fingerprint density at radius 3 is 0.347 bits per heavy atom. The third-order valence-corrected chi connectivity index (χ3v) is 14.5. The van der Waals surface area contributed by atoms with Crippen LogP contribution in [0.25, 0.3) is 129 Å². The molecule has 0 radical (unpaired) electrons. The van der Waals surface area contributed by atoms with E-state index in [1.165, 1.54) is 129 Å². The monoisotopic (exact) mass is 912 g/mol. The van der Waals surface area contributed by atoms with Crippen LogP contribution in [0.5, 0.6) is 0 Å². The molecule has 16 aromatic carbocycles. The Balaban J connectivity index is 0.0000000933. The van der Waals surface area contributed by atoms with Crippen molar-refractivity contribution >= 4 is 129 Å². The molecule has 0 nitrogen and oxygen atoms in total. The molecule has 72 heavy (non-hydrogen) atoms. The van der Waals surface area contributed by atoms with Crippen LogP contribution in [0.1, 0.15) is 0 Å². The molecular weight excluding hydrogens is 865 g/mol. The molecule has 0 saturated heterocycles. The van der Waals surface area contributed by atoms with Crippen molar-refractivity contribution in [3.05, 3.63) is 291 Å². The normalized spacial score (nSPS) is 11.3. The second kappa shape index (κ2) is 18.5. The molecule has 0 aliphatic heterocycles. The first-order valence-electron chi connectivity index (χ1n) is 24.9. The molecule has 16 aromatic rings. The van der Waals surface area contributed by atoms with Gasteiger partial charge in [-0.1, -0.05) is 291 Å². The summed E-state index contributed by atoms with van der Waals surface area (Å²) < 4.78 is 0. The summed E-state index contributed by atoms with van der Waals surface area (Å²) in [6.45, 7) is 0. The van der Waals surface area contributed by atoms with Gasteiger partial charge in [-0.15, -0.1) is 0 Å². The molecule has 0 aliphatic rings. The molecule has 0 fully saturated rings. The van der Waals surface area contributed by atoms with Crippen molar-refractivity contribution in [3.63, 3.8) is 0 Å². The largest absolute Gasteiger partial charge is 0.0616 e. The first-order chi connectivity index (χ1) is 35.7. The summed E-state index contributed by atoms with van der Waals surface area (Å²) in [4.78, 5) is 0. The third kappa shape index (κ3) is 7.77. The minimum atomic E-state index is 1.31. The first kappa shape index (κ1) is 42.7. The van der Waals surface area contributed by atoms with Gasteiger partial charge in [-0.3, -0.25) is 0 Å². The van der Waals surface area contributed by atoms with Gasteiger partial charge in [0.1, 0.15) is 0 Å². The highest BCUT2D eigenvalue weighted by atomic mass is 14.1. The predicted octanol–water partition coefficient (Wildman–Crippen LogP) is 20.6. The van der Waals surface area contributed by atoms with Crippen LogP contribution in [0.2, 0.25) is 0 Å². The summed E-state index contributed by atoms with van der Waals surface area (Å²) in [5, 5.41) is 31.9. The average Bonchev–Trinajstić information content (AvgIpc) is 3.47. The molecule has 0 atom stereocenters. The van der Waals surface area contributed by atoms with Crippen molar-refractivity contribution in [2.75, 3.05) is 0 Å². The smallest absolute Gasteiger partial charge is 0.00268 e. The lowest BCUT2D eigenvalue weighted by atomic mass is 9.97. The second-order valence-corrected chi connectivity index (χ2v) is 18.7. The molecule has 336 valence electrons. The molecular formula is C72H48.